The molecule has 172 valence electrons. The molecule has 32 heavy (non-hydrogen) atoms. The summed E-state index contributed by atoms with van der Waals surface area (Å²) in [4.78, 5) is 25.0. The summed E-state index contributed by atoms with van der Waals surface area (Å²) in [6.45, 7) is 2.37. The fourth-order valence-corrected chi connectivity index (χ4v) is 5.18. The van der Waals surface area contributed by atoms with E-state index in [0.29, 0.717) is 32.4 Å². The summed E-state index contributed by atoms with van der Waals surface area (Å²) in [5, 5.41) is 5.50. The van der Waals surface area contributed by atoms with Gasteiger partial charge in [-0.05, 0) is 56.0 Å². The normalized spacial score (nSPS) is 18.0. The maximum Gasteiger partial charge on any atom is 0.243 e. The van der Waals surface area contributed by atoms with Gasteiger partial charge in [0, 0.05) is 19.6 Å². The monoisotopic (exact) mass is 461 g/mol. The second kappa shape index (κ2) is 10.7. The average molecular weight is 462 g/mol. The van der Waals surface area contributed by atoms with Gasteiger partial charge in [0.25, 0.3) is 0 Å². The molecule has 1 heterocycles. The first-order valence-corrected chi connectivity index (χ1v) is 12.1. The second-order valence-corrected chi connectivity index (χ2v) is 9.85. The highest BCUT2D eigenvalue weighted by molar-refractivity contribution is 7.89. The third-order valence-corrected chi connectivity index (χ3v) is 7.39. The molecule has 1 aliphatic rings. The Hall–Kier alpha value is -2.78. The van der Waals surface area contributed by atoms with Crippen molar-refractivity contribution < 1.29 is 22.4 Å². The SMILES string of the molecule is C[C@@H](NC(=O)C1CCCN(S(=O)(=O)c2ccc(F)cc2)C1)C(=O)NCCc1ccccc1. The Kier molecular flexibility index (Phi) is 7.98. The average Bonchev–Trinajstić information content (AvgIpc) is 2.80. The second-order valence-electron chi connectivity index (χ2n) is 7.91. The van der Waals surface area contributed by atoms with Crippen LogP contribution in [0.2, 0.25) is 0 Å². The van der Waals surface area contributed by atoms with Crippen LogP contribution in [0, 0.1) is 11.7 Å². The van der Waals surface area contributed by atoms with Gasteiger partial charge in [0.15, 0.2) is 0 Å². The fraction of sp³-hybridized carbons (Fsp3) is 0.391. The van der Waals surface area contributed by atoms with Gasteiger partial charge >= 0.3 is 0 Å². The fourth-order valence-electron chi connectivity index (χ4n) is 3.65. The Balaban J connectivity index is 1.51. The van der Waals surface area contributed by atoms with E-state index in [4.69, 9.17) is 0 Å². The van der Waals surface area contributed by atoms with Gasteiger partial charge in [-0.25, -0.2) is 12.8 Å². The smallest absolute Gasteiger partial charge is 0.243 e. The van der Waals surface area contributed by atoms with Crippen molar-refractivity contribution in [2.24, 2.45) is 5.92 Å². The first-order chi connectivity index (χ1) is 15.3. The molecule has 0 bridgehead atoms. The standard InChI is InChI=1S/C23H28FN3O4S/c1-17(22(28)25-14-13-18-6-3-2-4-7-18)26-23(29)19-8-5-15-27(16-19)32(30,31)21-11-9-20(24)10-12-21/h2-4,6-7,9-12,17,19H,5,8,13-16H2,1H3,(H,25,28)(H,26,29)/t17-,19?/m1/s1. The number of benzene rings is 2. The minimum atomic E-state index is -3.82. The number of nitrogens with zero attached hydrogens (tertiary/aromatic N) is 1. The van der Waals surface area contributed by atoms with E-state index >= 15 is 0 Å². The minimum absolute atomic E-state index is 0.00822. The minimum Gasteiger partial charge on any atom is -0.354 e. The zero-order valence-corrected chi connectivity index (χ0v) is 18.8. The summed E-state index contributed by atoms with van der Waals surface area (Å²) < 4.78 is 40.1. The lowest BCUT2D eigenvalue weighted by Crippen LogP contribution is -2.50. The molecule has 2 aromatic carbocycles. The van der Waals surface area contributed by atoms with Crippen LogP contribution in [0.4, 0.5) is 4.39 Å². The van der Waals surface area contributed by atoms with Crippen molar-refractivity contribution in [2.75, 3.05) is 19.6 Å². The molecule has 1 aliphatic heterocycles. The molecule has 0 saturated carbocycles. The molecule has 0 aliphatic carbocycles. The van der Waals surface area contributed by atoms with E-state index in [0.717, 1.165) is 17.7 Å². The highest BCUT2D eigenvalue weighted by Gasteiger charge is 2.34. The van der Waals surface area contributed by atoms with Crippen molar-refractivity contribution in [3.8, 4) is 0 Å². The lowest BCUT2D eigenvalue weighted by atomic mass is 9.98. The van der Waals surface area contributed by atoms with Gasteiger partial charge in [0.2, 0.25) is 21.8 Å². The molecule has 1 unspecified atom stereocenters. The van der Waals surface area contributed by atoms with E-state index in [1.165, 1.54) is 16.4 Å². The van der Waals surface area contributed by atoms with E-state index in [2.05, 4.69) is 10.6 Å². The zero-order valence-electron chi connectivity index (χ0n) is 18.0. The molecule has 9 heteroatoms. The zero-order chi connectivity index (χ0) is 23.1. The largest absolute Gasteiger partial charge is 0.354 e. The highest BCUT2D eigenvalue weighted by Crippen LogP contribution is 2.24. The molecule has 0 radical (unpaired) electrons. The van der Waals surface area contributed by atoms with E-state index in [1.807, 2.05) is 30.3 Å². The van der Waals surface area contributed by atoms with E-state index in [1.54, 1.807) is 6.92 Å². The molecule has 2 aromatic rings. The summed E-state index contributed by atoms with van der Waals surface area (Å²) in [6, 6.07) is 13.6. The van der Waals surface area contributed by atoms with Crippen LogP contribution >= 0.6 is 0 Å². The Bertz CT molecular complexity index is 1030. The Labute approximate surface area is 188 Å². The molecule has 0 spiro atoms. The van der Waals surface area contributed by atoms with E-state index < -0.39 is 27.8 Å². The molecule has 7 nitrogen and oxygen atoms in total. The van der Waals surface area contributed by atoms with Crippen molar-refractivity contribution >= 4 is 21.8 Å². The number of carbonyl (C=O) groups excluding carboxylic acids is 2. The number of hydrogen-bond donors (Lipinski definition) is 2. The number of amides is 2. The number of piperidine rings is 1. The predicted molar refractivity (Wildman–Crippen MR) is 119 cm³/mol. The summed E-state index contributed by atoms with van der Waals surface area (Å²) >= 11 is 0. The van der Waals surface area contributed by atoms with Crippen LogP contribution in [0.1, 0.15) is 25.3 Å². The maximum atomic E-state index is 13.1. The molecular weight excluding hydrogens is 433 g/mol. The lowest BCUT2D eigenvalue weighted by molar-refractivity contribution is -0.131. The van der Waals surface area contributed by atoms with Gasteiger partial charge in [-0.2, -0.15) is 4.31 Å². The molecule has 2 amide bonds. The number of carbonyl (C=O) groups is 2. The number of sulfonamides is 1. The van der Waals surface area contributed by atoms with Crippen LogP contribution < -0.4 is 10.6 Å². The highest BCUT2D eigenvalue weighted by atomic mass is 32.2. The third kappa shape index (κ3) is 6.14. The summed E-state index contributed by atoms with van der Waals surface area (Å²) in [6.07, 6.45) is 1.74. The van der Waals surface area contributed by atoms with Gasteiger partial charge < -0.3 is 10.6 Å². The third-order valence-electron chi connectivity index (χ3n) is 5.51. The number of nitrogens with one attached hydrogen (secondary N) is 2. The maximum absolute atomic E-state index is 13.1. The number of rotatable bonds is 8. The molecule has 2 atom stereocenters. The van der Waals surface area contributed by atoms with Crippen LogP contribution in [0.15, 0.2) is 59.5 Å². The van der Waals surface area contributed by atoms with Crippen molar-refractivity contribution in [1.82, 2.24) is 14.9 Å². The van der Waals surface area contributed by atoms with Gasteiger partial charge in [-0.15, -0.1) is 0 Å². The Morgan fingerprint density at radius 2 is 1.81 bits per heavy atom. The van der Waals surface area contributed by atoms with Crippen LogP contribution in [-0.2, 0) is 26.0 Å². The van der Waals surface area contributed by atoms with Gasteiger partial charge in [0.1, 0.15) is 11.9 Å². The first-order valence-electron chi connectivity index (χ1n) is 10.6. The number of halogens is 1. The van der Waals surface area contributed by atoms with Crippen molar-refractivity contribution in [3.05, 3.63) is 66.0 Å². The lowest BCUT2D eigenvalue weighted by Gasteiger charge is -2.31. The van der Waals surface area contributed by atoms with Gasteiger partial charge in [-0.1, -0.05) is 30.3 Å². The summed E-state index contributed by atoms with van der Waals surface area (Å²) in [5.41, 5.74) is 1.11. The van der Waals surface area contributed by atoms with E-state index in [9.17, 15) is 22.4 Å². The van der Waals surface area contributed by atoms with Crippen molar-refractivity contribution in [2.45, 2.75) is 37.1 Å². The van der Waals surface area contributed by atoms with Gasteiger partial charge in [0.05, 0.1) is 10.8 Å². The molecule has 2 N–H and O–H groups in total. The van der Waals surface area contributed by atoms with Crippen LogP contribution in [0.3, 0.4) is 0 Å². The number of hydrogen-bond acceptors (Lipinski definition) is 4. The first kappa shape index (κ1) is 23.9. The van der Waals surface area contributed by atoms with Crippen molar-refractivity contribution in [3.63, 3.8) is 0 Å². The Morgan fingerprint density at radius 1 is 1.12 bits per heavy atom. The quantitative estimate of drug-likeness (QED) is 0.629. The molecule has 3 rings (SSSR count). The molecule has 0 aromatic heterocycles. The van der Waals surface area contributed by atoms with Crippen molar-refractivity contribution in [1.29, 1.82) is 0 Å². The van der Waals surface area contributed by atoms with Crippen LogP contribution in [0.25, 0.3) is 0 Å². The predicted octanol–water partition coefficient (Wildman–Crippen LogP) is 2.09. The van der Waals surface area contributed by atoms with E-state index in [-0.39, 0.29) is 23.3 Å². The Morgan fingerprint density at radius 3 is 2.50 bits per heavy atom. The van der Waals surface area contributed by atoms with Crippen LogP contribution in [-0.4, -0.2) is 50.2 Å². The molecular formula is C23H28FN3O4S. The molecule has 1 fully saturated rings. The van der Waals surface area contributed by atoms with Gasteiger partial charge in [-0.3, -0.25) is 9.59 Å². The van der Waals surface area contributed by atoms with Crippen LogP contribution in [0.5, 0.6) is 0 Å². The molecule has 1 saturated heterocycles. The topological polar surface area (TPSA) is 95.6 Å². The summed E-state index contributed by atoms with van der Waals surface area (Å²) in [5.74, 6) is -1.72. The summed E-state index contributed by atoms with van der Waals surface area (Å²) in [7, 11) is -3.82.